The summed E-state index contributed by atoms with van der Waals surface area (Å²) in [4.78, 5) is 32.2. The second-order valence-corrected chi connectivity index (χ2v) is 7.34. The van der Waals surface area contributed by atoms with Crippen molar-refractivity contribution in [3.05, 3.63) is 81.6 Å². The zero-order valence-electron chi connectivity index (χ0n) is 16.0. The van der Waals surface area contributed by atoms with Crippen LogP contribution in [0.1, 0.15) is 44.4 Å². The molecule has 31 heavy (non-hydrogen) atoms. The van der Waals surface area contributed by atoms with E-state index in [1.807, 2.05) is 0 Å². The monoisotopic (exact) mass is 443 g/mol. The van der Waals surface area contributed by atoms with Gasteiger partial charge in [-0.2, -0.15) is 0 Å². The Balaban J connectivity index is 1.60. The van der Waals surface area contributed by atoms with E-state index in [9.17, 15) is 18.4 Å². The molecule has 1 unspecified atom stereocenters. The molecule has 0 aliphatic heterocycles. The Labute approximate surface area is 180 Å². The summed E-state index contributed by atoms with van der Waals surface area (Å²) in [5.74, 6) is -2.12. The summed E-state index contributed by atoms with van der Waals surface area (Å²) in [6.45, 7) is 0. The number of carbonyl (C=O) groups is 2. The smallest absolute Gasteiger partial charge is 0.267 e. The lowest BCUT2D eigenvalue weighted by Crippen LogP contribution is -2.17. The highest BCUT2D eigenvalue weighted by Gasteiger charge is 2.30. The van der Waals surface area contributed by atoms with Crippen LogP contribution in [0.15, 0.2) is 42.6 Å². The Hall–Kier alpha value is -3.59. The topological polar surface area (TPSA) is 110 Å². The molecule has 3 aromatic rings. The Kier molecular flexibility index (Phi) is 5.51. The van der Waals surface area contributed by atoms with Crippen LogP contribution in [0.25, 0.3) is 0 Å². The SMILES string of the molecule is NC(=O)c1ccnc(NC2CCc3c(C(=O)Nc4ccc(F)c(Cl)c4)ccc(F)c32)n1. The number of benzene rings is 2. The Morgan fingerprint density at radius 1 is 1.13 bits per heavy atom. The number of nitrogens with two attached hydrogens (primary N) is 1. The van der Waals surface area contributed by atoms with Crippen LogP contribution in [-0.2, 0) is 6.42 Å². The number of hydrogen-bond donors (Lipinski definition) is 3. The minimum Gasteiger partial charge on any atom is -0.364 e. The van der Waals surface area contributed by atoms with E-state index in [0.29, 0.717) is 35.2 Å². The van der Waals surface area contributed by atoms with Gasteiger partial charge >= 0.3 is 0 Å². The molecular weight excluding hydrogens is 428 g/mol. The number of nitrogens with one attached hydrogen (secondary N) is 2. The van der Waals surface area contributed by atoms with Crippen LogP contribution < -0.4 is 16.4 Å². The van der Waals surface area contributed by atoms with Gasteiger partial charge in [0.25, 0.3) is 11.8 Å². The molecule has 4 N–H and O–H groups in total. The molecule has 0 bridgehead atoms. The van der Waals surface area contributed by atoms with Gasteiger partial charge in [0, 0.05) is 23.0 Å². The first-order valence-corrected chi connectivity index (χ1v) is 9.68. The summed E-state index contributed by atoms with van der Waals surface area (Å²) in [6.07, 6.45) is 2.30. The molecule has 158 valence electrons. The molecule has 1 aromatic heterocycles. The molecule has 1 heterocycles. The fraction of sp³-hybridized carbons (Fsp3) is 0.143. The lowest BCUT2D eigenvalue weighted by Gasteiger charge is -2.16. The molecule has 7 nitrogen and oxygen atoms in total. The van der Waals surface area contributed by atoms with Gasteiger partial charge in [-0.25, -0.2) is 18.7 Å². The summed E-state index contributed by atoms with van der Waals surface area (Å²) in [5.41, 5.74) is 6.76. The van der Waals surface area contributed by atoms with E-state index in [4.69, 9.17) is 17.3 Å². The Bertz CT molecular complexity index is 1200. The summed E-state index contributed by atoms with van der Waals surface area (Å²) < 4.78 is 28.0. The number of nitrogens with zero attached hydrogens (tertiary/aromatic N) is 2. The Morgan fingerprint density at radius 3 is 2.65 bits per heavy atom. The molecule has 10 heteroatoms. The number of rotatable bonds is 5. The third kappa shape index (κ3) is 4.17. The lowest BCUT2D eigenvalue weighted by molar-refractivity contribution is 0.0993. The lowest BCUT2D eigenvalue weighted by atomic mass is 10.0. The molecule has 1 atom stereocenters. The van der Waals surface area contributed by atoms with Gasteiger partial charge in [0.15, 0.2) is 0 Å². The van der Waals surface area contributed by atoms with E-state index in [0.717, 1.165) is 6.07 Å². The summed E-state index contributed by atoms with van der Waals surface area (Å²) >= 11 is 5.76. The normalized spacial score (nSPS) is 14.7. The van der Waals surface area contributed by atoms with Crippen LogP contribution >= 0.6 is 11.6 Å². The number of hydrogen-bond acceptors (Lipinski definition) is 5. The van der Waals surface area contributed by atoms with Crippen LogP contribution in [0.5, 0.6) is 0 Å². The fourth-order valence-electron chi connectivity index (χ4n) is 3.57. The average molecular weight is 444 g/mol. The number of anilines is 2. The highest BCUT2D eigenvalue weighted by Crippen LogP contribution is 2.37. The van der Waals surface area contributed by atoms with E-state index in [1.165, 1.54) is 36.5 Å². The van der Waals surface area contributed by atoms with E-state index in [-0.39, 0.29) is 16.7 Å². The minimum atomic E-state index is -0.705. The maximum atomic E-state index is 14.7. The first kappa shape index (κ1) is 20.7. The predicted molar refractivity (Wildman–Crippen MR) is 111 cm³/mol. The summed E-state index contributed by atoms with van der Waals surface area (Å²) in [7, 11) is 0. The van der Waals surface area contributed by atoms with Gasteiger partial charge in [-0.3, -0.25) is 9.59 Å². The summed E-state index contributed by atoms with van der Waals surface area (Å²) in [5, 5.41) is 5.53. The number of fused-ring (bicyclic) bond motifs is 1. The van der Waals surface area contributed by atoms with Gasteiger partial charge in [0.2, 0.25) is 5.95 Å². The van der Waals surface area contributed by atoms with Crippen molar-refractivity contribution in [1.82, 2.24) is 9.97 Å². The number of amides is 2. The van der Waals surface area contributed by atoms with Gasteiger partial charge in [0.1, 0.15) is 17.3 Å². The molecule has 2 amide bonds. The maximum absolute atomic E-state index is 14.7. The second kappa shape index (κ2) is 8.27. The van der Waals surface area contributed by atoms with E-state index >= 15 is 0 Å². The maximum Gasteiger partial charge on any atom is 0.267 e. The zero-order chi connectivity index (χ0) is 22.1. The molecule has 0 saturated heterocycles. The molecule has 0 radical (unpaired) electrons. The third-order valence-corrected chi connectivity index (χ3v) is 5.26. The zero-order valence-corrected chi connectivity index (χ0v) is 16.7. The van der Waals surface area contributed by atoms with E-state index in [2.05, 4.69) is 20.6 Å². The van der Waals surface area contributed by atoms with Crippen LogP contribution in [0.3, 0.4) is 0 Å². The molecule has 0 spiro atoms. The van der Waals surface area contributed by atoms with Crippen LogP contribution in [-0.4, -0.2) is 21.8 Å². The largest absolute Gasteiger partial charge is 0.364 e. The van der Waals surface area contributed by atoms with E-state index in [1.54, 1.807) is 0 Å². The Morgan fingerprint density at radius 2 is 1.90 bits per heavy atom. The molecular formula is C21H16ClF2N5O2. The van der Waals surface area contributed by atoms with Gasteiger partial charge < -0.3 is 16.4 Å². The van der Waals surface area contributed by atoms with Gasteiger partial charge in [-0.15, -0.1) is 0 Å². The first-order valence-electron chi connectivity index (χ1n) is 9.30. The highest BCUT2D eigenvalue weighted by molar-refractivity contribution is 6.31. The molecule has 1 aliphatic rings. The van der Waals surface area contributed by atoms with Crippen molar-refractivity contribution in [1.29, 1.82) is 0 Å². The standard InChI is InChI=1S/C21H16ClF2N5O2/c22-13-9-10(1-4-14(13)23)27-20(31)12-2-5-15(24)18-11(12)3-6-16(18)28-21-26-8-7-17(29-21)19(25)30/h1-2,4-5,7-9,16H,3,6H2,(H2,25,30)(H,27,31)(H,26,28,29). The van der Waals surface area contributed by atoms with Crippen molar-refractivity contribution in [2.24, 2.45) is 5.73 Å². The van der Waals surface area contributed by atoms with Crippen LogP contribution in [0, 0.1) is 11.6 Å². The number of aromatic nitrogens is 2. The fourth-order valence-corrected chi connectivity index (χ4v) is 3.75. The highest BCUT2D eigenvalue weighted by atomic mass is 35.5. The predicted octanol–water partition coefficient (Wildman–Crippen LogP) is 3.86. The van der Waals surface area contributed by atoms with Gasteiger partial charge in [-0.05, 0) is 54.8 Å². The van der Waals surface area contributed by atoms with Gasteiger partial charge in [-0.1, -0.05) is 11.6 Å². The van der Waals surface area contributed by atoms with Crippen molar-refractivity contribution in [3.8, 4) is 0 Å². The van der Waals surface area contributed by atoms with Crippen molar-refractivity contribution in [2.75, 3.05) is 10.6 Å². The minimum absolute atomic E-state index is 0.0299. The van der Waals surface area contributed by atoms with E-state index < -0.39 is 29.5 Å². The number of carbonyl (C=O) groups excluding carboxylic acids is 2. The van der Waals surface area contributed by atoms with Crippen LogP contribution in [0.2, 0.25) is 5.02 Å². The molecule has 0 fully saturated rings. The van der Waals surface area contributed by atoms with Crippen molar-refractivity contribution in [3.63, 3.8) is 0 Å². The molecule has 1 aliphatic carbocycles. The average Bonchev–Trinajstić information content (AvgIpc) is 3.15. The summed E-state index contributed by atoms with van der Waals surface area (Å²) in [6, 6.07) is 7.33. The van der Waals surface area contributed by atoms with Crippen molar-refractivity contribution < 1.29 is 18.4 Å². The van der Waals surface area contributed by atoms with Gasteiger partial charge in [0.05, 0.1) is 11.1 Å². The first-order chi connectivity index (χ1) is 14.8. The third-order valence-electron chi connectivity index (χ3n) is 4.97. The van der Waals surface area contributed by atoms with Crippen molar-refractivity contribution in [2.45, 2.75) is 18.9 Å². The molecule has 0 saturated carbocycles. The number of halogens is 3. The molecule has 4 rings (SSSR count). The quantitative estimate of drug-likeness (QED) is 0.554. The van der Waals surface area contributed by atoms with Crippen LogP contribution in [0.4, 0.5) is 20.4 Å². The number of primary amides is 1. The van der Waals surface area contributed by atoms with Crippen molar-refractivity contribution >= 4 is 35.1 Å². The second-order valence-electron chi connectivity index (χ2n) is 6.94. The molecule has 2 aromatic carbocycles.